The van der Waals surface area contributed by atoms with Gasteiger partial charge in [0.15, 0.2) is 9.84 Å². The normalized spacial score (nSPS) is 16.3. The van der Waals surface area contributed by atoms with Crippen LogP contribution in [0.25, 0.3) is 0 Å². The van der Waals surface area contributed by atoms with Crippen molar-refractivity contribution in [1.82, 2.24) is 0 Å². The lowest BCUT2D eigenvalue weighted by molar-refractivity contribution is 0.586. The van der Waals surface area contributed by atoms with Crippen molar-refractivity contribution in [3.05, 3.63) is 24.0 Å². The number of hydrogen-bond donors (Lipinski definition) is 1. The zero-order valence-electron chi connectivity index (χ0n) is 8.82. The molecule has 88 valence electrons. The number of halogens is 1. The first-order chi connectivity index (χ1) is 7.47. The van der Waals surface area contributed by atoms with Gasteiger partial charge in [-0.2, -0.15) is 0 Å². The van der Waals surface area contributed by atoms with Gasteiger partial charge in [0.2, 0.25) is 0 Å². The molecule has 16 heavy (non-hydrogen) atoms. The van der Waals surface area contributed by atoms with Gasteiger partial charge in [-0.1, -0.05) is 12.8 Å². The van der Waals surface area contributed by atoms with E-state index in [0.29, 0.717) is 12.3 Å². The highest BCUT2D eigenvalue weighted by Crippen LogP contribution is 2.33. The van der Waals surface area contributed by atoms with E-state index in [9.17, 15) is 12.8 Å². The Morgan fingerprint density at radius 2 is 2.00 bits per heavy atom. The van der Waals surface area contributed by atoms with Crippen molar-refractivity contribution in [3.63, 3.8) is 0 Å². The molecule has 1 saturated carbocycles. The monoisotopic (exact) mass is 243 g/mol. The molecule has 0 aromatic heterocycles. The molecule has 3 nitrogen and oxygen atoms in total. The molecule has 0 radical (unpaired) electrons. The SMILES string of the molecule is Nc1cc(F)cc(S(=O)(=O)CCC2CC2)c1. The Kier molecular flexibility index (Phi) is 2.88. The number of nitrogen functional groups attached to an aromatic ring is 1. The first kappa shape index (κ1) is 11.4. The molecule has 0 unspecified atom stereocenters. The van der Waals surface area contributed by atoms with Crippen LogP contribution in [0.2, 0.25) is 0 Å². The molecule has 5 heteroatoms. The van der Waals surface area contributed by atoms with Crippen LogP contribution in [0.1, 0.15) is 19.3 Å². The van der Waals surface area contributed by atoms with E-state index in [2.05, 4.69) is 0 Å². The number of benzene rings is 1. The molecule has 1 aliphatic carbocycles. The van der Waals surface area contributed by atoms with Gasteiger partial charge < -0.3 is 5.73 Å². The Balaban J connectivity index is 2.19. The molecule has 2 rings (SSSR count). The predicted octanol–water partition coefficient (Wildman–Crippen LogP) is 1.98. The molecule has 1 aromatic rings. The van der Waals surface area contributed by atoms with Gasteiger partial charge >= 0.3 is 0 Å². The minimum absolute atomic E-state index is 0.00866. The van der Waals surface area contributed by atoms with E-state index >= 15 is 0 Å². The highest BCUT2D eigenvalue weighted by molar-refractivity contribution is 7.91. The summed E-state index contributed by atoms with van der Waals surface area (Å²) >= 11 is 0. The number of nitrogens with two attached hydrogens (primary N) is 1. The highest BCUT2D eigenvalue weighted by Gasteiger charge is 2.25. The second kappa shape index (κ2) is 4.05. The summed E-state index contributed by atoms with van der Waals surface area (Å²) in [5, 5.41) is 0. The third-order valence-corrected chi connectivity index (χ3v) is 4.47. The average Bonchev–Trinajstić information content (AvgIpc) is 2.96. The minimum Gasteiger partial charge on any atom is -0.399 e. The molecule has 0 saturated heterocycles. The van der Waals surface area contributed by atoms with Crippen LogP contribution in [-0.2, 0) is 9.84 Å². The van der Waals surface area contributed by atoms with Gasteiger partial charge in [-0.3, -0.25) is 0 Å². The third kappa shape index (κ3) is 2.72. The summed E-state index contributed by atoms with van der Waals surface area (Å²) in [6, 6.07) is 3.45. The van der Waals surface area contributed by atoms with Gasteiger partial charge in [0, 0.05) is 5.69 Å². The Morgan fingerprint density at radius 3 is 2.56 bits per heavy atom. The fraction of sp³-hybridized carbons (Fsp3) is 0.455. The van der Waals surface area contributed by atoms with E-state index in [4.69, 9.17) is 5.73 Å². The van der Waals surface area contributed by atoms with Crippen molar-refractivity contribution in [2.75, 3.05) is 11.5 Å². The highest BCUT2D eigenvalue weighted by atomic mass is 32.2. The average molecular weight is 243 g/mol. The molecule has 0 bridgehead atoms. The Labute approximate surface area is 94.4 Å². The molecular weight excluding hydrogens is 229 g/mol. The van der Waals surface area contributed by atoms with Crippen molar-refractivity contribution in [2.24, 2.45) is 5.92 Å². The smallest absolute Gasteiger partial charge is 0.178 e. The minimum atomic E-state index is -3.38. The van der Waals surface area contributed by atoms with Crippen LogP contribution in [0.15, 0.2) is 23.1 Å². The zero-order chi connectivity index (χ0) is 11.8. The second-order valence-electron chi connectivity index (χ2n) is 4.27. The molecule has 2 N–H and O–H groups in total. The first-order valence-corrected chi connectivity index (χ1v) is 6.91. The van der Waals surface area contributed by atoms with E-state index in [-0.39, 0.29) is 16.3 Å². The predicted molar refractivity (Wildman–Crippen MR) is 60.2 cm³/mol. The summed E-state index contributed by atoms with van der Waals surface area (Å²) < 4.78 is 36.7. The molecule has 0 spiro atoms. The third-order valence-electron chi connectivity index (χ3n) is 2.74. The molecule has 0 heterocycles. The maximum absolute atomic E-state index is 13.0. The fourth-order valence-electron chi connectivity index (χ4n) is 1.61. The summed E-state index contributed by atoms with van der Waals surface area (Å²) in [7, 11) is -3.38. The molecule has 0 atom stereocenters. The lowest BCUT2D eigenvalue weighted by atomic mass is 10.3. The van der Waals surface area contributed by atoms with Crippen LogP contribution >= 0.6 is 0 Å². The van der Waals surface area contributed by atoms with Gasteiger partial charge in [0.25, 0.3) is 0 Å². The maximum Gasteiger partial charge on any atom is 0.178 e. The van der Waals surface area contributed by atoms with Crippen molar-refractivity contribution in [2.45, 2.75) is 24.2 Å². The van der Waals surface area contributed by atoms with E-state index in [0.717, 1.165) is 25.0 Å². The van der Waals surface area contributed by atoms with E-state index in [1.165, 1.54) is 6.07 Å². The van der Waals surface area contributed by atoms with Crippen LogP contribution < -0.4 is 5.73 Å². The number of anilines is 1. The quantitative estimate of drug-likeness (QED) is 0.822. The molecular formula is C11H14FNO2S. The molecule has 0 amide bonds. The largest absolute Gasteiger partial charge is 0.399 e. The van der Waals surface area contributed by atoms with Gasteiger partial charge in [0.05, 0.1) is 10.6 Å². The Morgan fingerprint density at radius 1 is 1.31 bits per heavy atom. The van der Waals surface area contributed by atoms with Crippen molar-refractivity contribution in [1.29, 1.82) is 0 Å². The van der Waals surface area contributed by atoms with Crippen LogP contribution in [0.3, 0.4) is 0 Å². The van der Waals surface area contributed by atoms with Crippen molar-refractivity contribution >= 4 is 15.5 Å². The van der Waals surface area contributed by atoms with E-state index in [1.807, 2.05) is 0 Å². The number of sulfone groups is 1. The topological polar surface area (TPSA) is 60.2 Å². The Hall–Kier alpha value is -1.10. The number of hydrogen-bond acceptors (Lipinski definition) is 3. The molecule has 1 fully saturated rings. The van der Waals surface area contributed by atoms with Crippen LogP contribution in [0, 0.1) is 11.7 Å². The van der Waals surface area contributed by atoms with Gasteiger partial charge in [-0.25, -0.2) is 12.8 Å². The fourth-order valence-corrected chi connectivity index (χ4v) is 3.10. The summed E-state index contributed by atoms with van der Waals surface area (Å²) in [6.07, 6.45) is 2.89. The molecule has 0 aliphatic heterocycles. The standard InChI is InChI=1S/C11H14FNO2S/c12-9-5-10(13)7-11(6-9)16(14,15)4-3-8-1-2-8/h5-8H,1-4,13H2. The molecule has 1 aromatic carbocycles. The summed E-state index contributed by atoms with van der Waals surface area (Å²) in [5.74, 6) is 0.0197. The maximum atomic E-state index is 13.0. The van der Waals surface area contributed by atoms with Crippen molar-refractivity contribution < 1.29 is 12.8 Å². The van der Waals surface area contributed by atoms with Crippen molar-refractivity contribution in [3.8, 4) is 0 Å². The van der Waals surface area contributed by atoms with Crippen LogP contribution in [-0.4, -0.2) is 14.2 Å². The van der Waals surface area contributed by atoms with Crippen LogP contribution in [0.4, 0.5) is 10.1 Å². The summed E-state index contributed by atoms with van der Waals surface area (Å²) in [6.45, 7) is 0. The lowest BCUT2D eigenvalue weighted by Crippen LogP contribution is -2.08. The second-order valence-corrected chi connectivity index (χ2v) is 6.38. The molecule has 1 aliphatic rings. The van der Waals surface area contributed by atoms with E-state index < -0.39 is 15.7 Å². The number of rotatable bonds is 4. The Bertz CT molecular complexity index is 474. The first-order valence-electron chi connectivity index (χ1n) is 5.26. The van der Waals surface area contributed by atoms with Gasteiger partial charge in [0.1, 0.15) is 5.82 Å². The van der Waals surface area contributed by atoms with E-state index in [1.54, 1.807) is 0 Å². The summed E-state index contributed by atoms with van der Waals surface area (Å²) in [5.41, 5.74) is 5.56. The van der Waals surface area contributed by atoms with Gasteiger partial charge in [-0.05, 0) is 30.5 Å². The summed E-state index contributed by atoms with van der Waals surface area (Å²) in [4.78, 5) is -0.00866. The lowest BCUT2D eigenvalue weighted by Gasteiger charge is -2.05. The van der Waals surface area contributed by atoms with Gasteiger partial charge in [-0.15, -0.1) is 0 Å². The van der Waals surface area contributed by atoms with Crippen LogP contribution in [0.5, 0.6) is 0 Å². The zero-order valence-corrected chi connectivity index (χ0v) is 9.63.